The van der Waals surface area contributed by atoms with Crippen molar-refractivity contribution in [2.45, 2.75) is 12.5 Å². The Balaban J connectivity index is 2.39. The maximum Gasteiger partial charge on any atom is 0.321 e. The molecular formula is C13H13N3O2. The summed E-state index contributed by atoms with van der Waals surface area (Å²) in [5, 5.41) is 21.5. The van der Waals surface area contributed by atoms with E-state index in [1.54, 1.807) is 25.4 Å². The second-order valence-corrected chi connectivity index (χ2v) is 4.07. The molecule has 1 aromatic carbocycles. The Labute approximate surface area is 104 Å². The van der Waals surface area contributed by atoms with Gasteiger partial charge in [0.2, 0.25) is 0 Å². The van der Waals surface area contributed by atoms with Crippen LogP contribution in [0, 0.1) is 11.3 Å². The lowest BCUT2D eigenvalue weighted by Crippen LogP contribution is -2.35. The third-order valence-corrected chi connectivity index (χ3v) is 2.97. The second-order valence-electron chi connectivity index (χ2n) is 4.07. The average Bonchev–Trinajstić information content (AvgIpc) is 2.77. The van der Waals surface area contributed by atoms with Crippen LogP contribution in [0.15, 0.2) is 24.4 Å². The van der Waals surface area contributed by atoms with Crippen LogP contribution in [0.1, 0.15) is 11.1 Å². The van der Waals surface area contributed by atoms with Gasteiger partial charge in [-0.3, -0.25) is 4.79 Å². The van der Waals surface area contributed by atoms with E-state index in [1.807, 2.05) is 6.07 Å². The number of likely N-dealkylation sites (N-methyl/N-ethyl adjacent to an activating group) is 1. The van der Waals surface area contributed by atoms with Gasteiger partial charge in [0.05, 0.1) is 11.6 Å². The Morgan fingerprint density at radius 2 is 2.39 bits per heavy atom. The first kappa shape index (κ1) is 12.1. The van der Waals surface area contributed by atoms with Crippen LogP contribution < -0.4 is 5.32 Å². The Morgan fingerprint density at radius 1 is 1.61 bits per heavy atom. The Hall–Kier alpha value is -2.32. The molecule has 5 heteroatoms. The summed E-state index contributed by atoms with van der Waals surface area (Å²) in [4.78, 5) is 14.1. The number of nitriles is 1. The summed E-state index contributed by atoms with van der Waals surface area (Å²) in [7, 11) is 1.62. The highest BCUT2D eigenvalue weighted by molar-refractivity contribution is 5.85. The largest absolute Gasteiger partial charge is 0.480 e. The molecule has 2 rings (SSSR count). The van der Waals surface area contributed by atoms with Gasteiger partial charge in [-0.15, -0.1) is 0 Å². The predicted octanol–water partition coefficient (Wildman–Crippen LogP) is 1.25. The van der Waals surface area contributed by atoms with Crippen molar-refractivity contribution in [3.05, 3.63) is 35.5 Å². The molecule has 1 unspecified atom stereocenters. The molecule has 0 spiro atoms. The third-order valence-electron chi connectivity index (χ3n) is 2.97. The van der Waals surface area contributed by atoms with Crippen LogP contribution in [0.25, 0.3) is 10.9 Å². The first-order valence-electron chi connectivity index (χ1n) is 5.56. The normalized spacial score (nSPS) is 12.2. The van der Waals surface area contributed by atoms with Gasteiger partial charge in [-0.25, -0.2) is 0 Å². The molecule has 0 saturated heterocycles. The number of rotatable bonds is 4. The fourth-order valence-corrected chi connectivity index (χ4v) is 1.95. The van der Waals surface area contributed by atoms with Crippen LogP contribution in [0.2, 0.25) is 0 Å². The Bertz CT molecular complexity index is 625. The first-order chi connectivity index (χ1) is 8.65. The van der Waals surface area contributed by atoms with Gasteiger partial charge >= 0.3 is 5.97 Å². The molecule has 2 aromatic rings. The summed E-state index contributed by atoms with van der Waals surface area (Å²) < 4.78 is 0. The SMILES string of the molecule is CNC(Cc1c[nH]c2ccc(C#N)cc12)C(=O)O. The van der Waals surface area contributed by atoms with Crippen LogP contribution in [0.4, 0.5) is 0 Å². The molecule has 0 aliphatic heterocycles. The van der Waals surface area contributed by atoms with E-state index in [4.69, 9.17) is 10.4 Å². The molecular weight excluding hydrogens is 230 g/mol. The zero-order chi connectivity index (χ0) is 13.1. The number of H-pyrrole nitrogens is 1. The van der Waals surface area contributed by atoms with Gasteiger partial charge in [0.1, 0.15) is 6.04 Å². The van der Waals surface area contributed by atoms with Gasteiger partial charge in [0.15, 0.2) is 0 Å². The van der Waals surface area contributed by atoms with E-state index >= 15 is 0 Å². The minimum atomic E-state index is -0.886. The number of carboxylic acid groups (broad SMARTS) is 1. The van der Waals surface area contributed by atoms with E-state index in [0.717, 1.165) is 16.5 Å². The third kappa shape index (κ3) is 2.19. The zero-order valence-corrected chi connectivity index (χ0v) is 9.90. The van der Waals surface area contributed by atoms with Crippen molar-refractivity contribution in [2.24, 2.45) is 0 Å². The molecule has 3 N–H and O–H groups in total. The number of fused-ring (bicyclic) bond motifs is 1. The Morgan fingerprint density at radius 3 is 3.00 bits per heavy atom. The summed E-state index contributed by atoms with van der Waals surface area (Å²) in [5.74, 6) is -0.886. The van der Waals surface area contributed by atoms with Crippen molar-refractivity contribution >= 4 is 16.9 Å². The van der Waals surface area contributed by atoms with E-state index in [2.05, 4.69) is 16.4 Å². The molecule has 5 nitrogen and oxygen atoms in total. The zero-order valence-electron chi connectivity index (χ0n) is 9.90. The molecule has 0 saturated carbocycles. The van der Waals surface area contributed by atoms with Crippen LogP contribution in [0.3, 0.4) is 0 Å². The van der Waals surface area contributed by atoms with Gasteiger partial charge < -0.3 is 15.4 Å². The van der Waals surface area contributed by atoms with Crippen LogP contribution in [-0.2, 0) is 11.2 Å². The van der Waals surface area contributed by atoms with Crippen LogP contribution in [-0.4, -0.2) is 29.1 Å². The lowest BCUT2D eigenvalue weighted by molar-refractivity contribution is -0.139. The minimum absolute atomic E-state index is 0.376. The number of nitrogens with one attached hydrogen (secondary N) is 2. The van der Waals surface area contributed by atoms with E-state index in [0.29, 0.717) is 12.0 Å². The molecule has 0 amide bonds. The highest BCUT2D eigenvalue weighted by Crippen LogP contribution is 2.21. The maximum absolute atomic E-state index is 11.0. The second kappa shape index (κ2) is 4.90. The van der Waals surface area contributed by atoms with E-state index in [1.165, 1.54) is 0 Å². The summed E-state index contributed by atoms with van der Waals surface area (Å²) in [5.41, 5.74) is 2.37. The smallest absolute Gasteiger partial charge is 0.321 e. The fourth-order valence-electron chi connectivity index (χ4n) is 1.95. The topological polar surface area (TPSA) is 88.9 Å². The maximum atomic E-state index is 11.0. The van der Waals surface area contributed by atoms with Gasteiger partial charge in [-0.1, -0.05) is 0 Å². The number of aromatic amines is 1. The minimum Gasteiger partial charge on any atom is -0.480 e. The van der Waals surface area contributed by atoms with Crippen molar-refractivity contribution in [2.75, 3.05) is 7.05 Å². The van der Waals surface area contributed by atoms with Crippen molar-refractivity contribution in [1.82, 2.24) is 10.3 Å². The molecule has 92 valence electrons. The number of aromatic nitrogens is 1. The number of hydrogen-bond acceptors (Lipinski definition) is 3. The van der Waals surface area contributed by atoms with Crippen LogP contribution in [0.5, 0.6) is 0 Å². The van der Waals surface area contributed by atoms with Crippen LogP contribution >= 0.6 is 0 Å². The van der Waals surface area contributed by atoms with Crippen molar-refractivity contribution in [3.63, 3.8) is 0 Å². The standard InChI is InChI=1S/C13H13N3O2/c1-15-12(13(17)18)5-9-7-16-11-3-2-8(6-14)4-10(9)11/h2-4,7,12,15-16H,5H2,1H3,(H,17,18). The summed E-state index contributed by atoms with van der Waals surface area (Å²) in [6, 6.07) is 6.78. The number of hydrogen-bond donors (Lipinski definition) is 3. The summed E-state index contributed by atoms with van der Waals surface area (Å²) in [6.45, 7) is 0. The lowest BCUT2D eigenvalue weighted by Gasteiger charge is -2.09. The molecule has 0 fully saturated rings. The number of nitrogens with zero attached hydrogens (tertiary/aromatic N) is 1. The molecule has 1 aromatic heterocycles. The van der Waals surface area contributed by atoms with E-state index in [-0.39, 0.29) is 0 Å². The predicted molar refractivity (Wildman–Crippen MR) is 67.2 cm³/mol. The fraction of sp³-hybridized carbons (Fsp3) is 0.231. The van der Waals surface area contributed by atoms with E-state index in [9.17, 15) is 4.79 Å². The van der Waals surface area contributed by atoms with Gasteiger partial charge in [0.25, 0.3) is 0 Å². The molecule has 0 bridgehead atoms. The molecule has 0 radical (unpaired) electrons. The van der Waals surface area contributed by atoms with Gasteiger partial charge in [0, 0.05) is 23.5 Å². The van der Waals surface area contributed by atoms with Crippen molar-refractivity contribution in [1.29, 1.82) is 5.26 Å². The molecule has 0 aliphatic rings. The monoisotopic (exact) mass is 243 g/mol. The molecule has 0 aliphatic carbocycles. The van der Waals surface area contributed by atoms with Gasteiger partial charge in [-0.05, 0) is 30.8 Å². The van der Waals surface area contributed by atoms with Crippen molar-refractivity contribution < 1.29 is 9.90 Å². The summed E-state index contributed by atoms with van der Waals surface area (Å²) >= 11 is 0. The first-order valence-corrected chi connectivity index (χ1v) is 5.56. The Kier molecular flexibility index (Phi) is 3.31. The lowest BCUT2D eigenvalue weighted by atomic mass is 10.0. The van der Waals surface area contributed by atoms with Crippen molar-refractivity contribution in [3.8, 4) is 6.07 Å². The average molecular weight is 243 g/mol. The molecule has 1 heterocycles. The number of benzene rings is 1. The van der Waals surface area contributed by atoms with E-state index < -0.39 is 12.0 Å². The highest BCUT2D eigenvalue weighted by atomic mass is 16.4. The molecule has 18 heavy (non-hydrogen) atoms. The highest BCUT2D eigenvalue weighted by Gasteiger charge is 2.17. The van der Waals surface area contributed by atoms with Gasteiger partial charge in [-0.2, -0.15) is 5.26 Å². The number of carbonyl (C=O) groups is 1. The number of aliphatic carboxylic acids is 1. The molecule has 1 atom stereocenters. The quantitative estimate of drug-likeness (QED) is 0.754. The summed E-state index contributed by atoms with van der Waals surface area (Å²) in [6.07, 6.45) is 2.17. The number of carboxylic acids is 1.